The SMILES string of the molecule is COc1cc(C(=O)C(C)Cl)ccc1OC(C)C. The molecule has 0 aromatic heterocycles. The second-order valence-corrected chi connectivity index (χ2v) is 4.67. The molecular formula is C13H17ClO3. The van der Waals surface area contributed by atoms with E-state index in [0.717, 1.165) is 0 Å². The minimum Gasteiger partial charge on any atom is -0.493 e. The van der Waals surface area contributed by atoms with E-state index in [1.54, 1.807) is 32.2 Å². The molecule has 4 heteroatoms. The van der Waals surface area contributed by atoms with Crippen molar-refractivity contribution in [2.45, 2.75) is 32.3 Å². The zero-order chi connectivity index (χ0) is 13.0. The van der Waals surface area contributed by atoms with E-state index >= 15 is 0 Å². The van der Waals surface area contributed by atoms with Crippen LogP contribution in [0.5, 0.6) is 11.5 Å². The van der Waals surface area contributed by atoms with Crippen LogP contribution in [-0.2, 0) is 0 Å². The van der Waals surface area contributed by atoms with Crippen molar-refractivity contribution in [1.29, 1.82) is 0 Å². The number of alkyl halides is 1. The lowest BCUT2D eigenvalue weighted by molar-refractivity contribution is 0.0991. The van der Waals surface area contributed by atoms with Crippen LogP contribution in [0.2, 0.25) is 0 Å². The smallest absolute Gasteiger partial charge is 0.180 e. The Balaban J connectivity index is 3.04. The average Bonchev–Trinajstić information content (AvgIpc) is 2.27. The van der Waals surface area contributed by atoms with E-state index in [2.05, 4.69) is 0 Å². The number of Topliss-reactive ketones (excluding diaryl/α,β-unsaturated/α-hetero) is 1. The fraction of sp³-hybridized carbons (Fsp3) is 0.462. The third kappa shape index (κ3) is 3.63. The van der Waals surface area contributed by atoms with E-state index in [-0.39, 0.29) is 11.9 Å². The van der Waals surface area contributed by atoms with Crippen molar-refractivity contribution in [2.75, 3.05) is 7.11 Å². The van der Waals surface area contributed by atoms with Crippen LogP contribution in [0.25, 0.3) is 0 Å². The van der Waals surface area contributed by atoms with Gasteiger partial charge in [0.25, 0.3) is 0 Å². The molecule has 1 atom stereocenters. The first kappa shape index (κ1) is 13.8. The van der Waals surface area contributed by atoms with Crippen molar-refractivity contribution in [3.05, 3.63) is 23.8 Å². The van der Waals surface area contributed by atoms with E-state index in [0.29, 0.717) is 17.1 Å². The first-order valence-corrected chi connectivity index (χ1v) is 5.92. The second kappa shape index (κ2) is 5.92. The zero-order valence-corrected chi connectivity index (χ0v) is 11.2. The summed E-state index contributed by atoms with van der Waals surface area (Å²) in [5, 5.41) is -0.545. The van der Waals surface area contributed by atoms with Crippen LogP contribution in [0.15, 0.2) is 18.2 Å². The van der Waals surface area contributed by atoms with E-state index in [1.807, 2.05) is 13.8 Å². The van der Waals surface area contributed by atoms with Crippen LogP contribution in [-0.4, -0.2) is 24.4 Å². The van der Waals surface area contributed by atoms with E-state index in [4.69, 9.17) is 21.1 Å². The highest BCUT2D eigenvalue weighted by Gasteiger charge is 2.15. The van der Waals surface area contributed by atoms with Crippen LogP contribution in [0.3, 0.4) is 0 Å². The third-order valence-electron chi connectivity index (χ3n) is 2.17. The lowest BCUT2D eigenvalue weighted by Crippen LogP contribution is -2.11. The predicted octanol–water partition coefficient (Wildman–Crippen LogP) is 3.29. The van der Waals surface area contributed by atoms with Gasteiger partial charge in [0.1, 0.15) is 0 Å². The van der Waals surface area contributed by atoms with Gasteiger partial charge in [-0.1, -0.05) is 0 Å². The molecule has 0 spiro atoms. The lowest BCUT2D eigenvalue weighted by Gasteiger charge is -2.14. The predicted molar refractivity (Wildman–Crippen MR) is 68.4 cm³/mol. The van der Waals surface area contributed by atoms with Gasteiger partial charge in [-0.2, -0.15) is 0 Å². The molecule has 94 valence electrons. The molecule has 3 nitrogen and oxygen atoms in total. The molecule has 0 N–H and O–H groups in total. The maximum absolute atomic E-state index is 11.7. The summed E-state index contributed by atoms with van der Waals surface area (Å²) < 4.78 is 10.8. The normalized spacial score (nSPS) is 12.4. The van der Waals surface area contributed by atoms with Gasteiger partial charge in [0.05, 0.1) is 18.6 Å². The Morgan fingerprint density at radius 3 is 2.35 bits per heavy atom. The first-order valence-electron chi connectivity index (χ1n) is 5.48. The summed E-state index contributed by atoms with van der Waals surface area (Å²) in [4.78, 5) is 11.7. The Morgan fingerprint density at radius 1 is 1.24 bits per heavy atom. The van der Waals surface area contributed by atoms with Gasteiger partial charge in [0, 0.05) is 5.56 Å². The average molecular weight is 257 g/mol. The number of rotatable bonds is 5. The standard InChI is InChI=1S/C13H17ClO3/c1-8(2)17-11-6-5-10(7-12(11)16-4)13(15)9(3)14/h5-9H,1-4H3. The molecule has 1 aromatic rings. The largest absolute Gasteiger partial charge is 0.493 e. The van der Waals surface area contributed by atoms with Crippen LogP contribution >= 0.6 is 11.6 Å². The molecule has 0 saturated carbocycles. The molecule has 0 fully saturated rings. The topological polar surface area (TPSA) is 35.5 Å². The molecular weight excluding hydrogens is 240 g/mol. The summed E-state index contributed by atoms with van der Waals surface area (Å²) in [6, 6.07) is 5.08. The number of ketones is 1. The summed E-state index contributed by atoms with van der Waals surface area (Å²) in [6.45, 7) is 5.51. The molecule has 0 aliphatic carbocycles. The highest BCUT2D eigenvalue weighted by molar-refractivity contribution is 6.33. The number of carbonyl (C=O) groups excluding carboxylic acids is 1. The van der Waals surface area contributed by atoms with Crippen molar-refractivity contribution in [3.8, 4) is 11.5 Å². The number of halogens is 1. The summed E-state index contributed by atoms with van der Waals surface area (Å²) in [7, 11) is 1.54. The molecule has 1 aromatic carbocycles. The number of ether oxygens (including phenoxy) is 2. The Bertz CT molecular complexity index is 400. The van der Waals surface area contributed by atoms with E-state index in [1.165, 1.54) is 0 Å². The van der Waals surface area contributed by atoms with Crippen molar-refractivity contribution in [2.24, 2.45) is 0 Å². The van der Waals surface area contributed by atoms with E-state index < -0.39 is 5.38 Å². The molecule has 0 saturated heterocycles. The summed E-state index contributed by atoms with van der Waals surface area (Å²) in [5.41, 5.74) is 0.528. The molecule has 1 rings (SSSR count). The minimum absolute atomic E-state index is 0.0532. The minimum atomic E-state index is -0.545. The Kier molecular flexibility index (Phi) is 4.82. The quantitative estimate of drug-likeness (QED) is 0.599. The lowest BCUT2D eigenvalue weighted by atomic mass is 10.1. The van der Waals surface area contributed by atoms with Gasteiger partial charge in [-0.15, -0.1) is 11.6 Å². The van der Waals surface area contributed by atoms with Crippen LogP contribution < -0.4 is 9.47 Å². The van der Waals surface area contributed by atoms with Crippen molar-refractivity contribution in [3.63, 3.8) is 0 Å². The van der Waals surface area contributed by atoms with Gasteiger partial charge in [-0.05, 0) is 39.0 Å². The van der Waals surface area contributed by atoms with Crippen molar-refractivity contribution >= 4 is 17.4 Å². The number of methoxy groups -OCH3 is 1. The number of hydrogen-bond acceptors (Lipinski definition) is 3. The van der Waals surface area contributed by atoms with E-state index in [9.17, 15) is 4.79 Å². The Labute approximate surface area is 107 Å². The Morgan fingerprint density at radius 2 is 1.88 bits per heavy atom. The first-order chi connectivity index (χ1) is 7.95. The number of carbonyl (C=O) groups is 1. The molecule has 0 aliphatic heterocycles. The van der Waals surface area contributed by atoms with Crippen LogP contribution in [0.4, 0.5) is 0 Å². The van der Waals surface area contributed by atoms with Gasteiger partial charge in [0.15, 0.2) is 17.3 Å². The molecule has 0 aliphatic rings. The van der Waals surface area contributed by atoms with Crippen LogP contribution in [0, 0.1) is 0 Å². The van der Waals surface area contributed by atoms with Gasteiger partial charge in [-0.25, -0.2) is 0 Å². The van der Waals surface area contributed by atoms with Crippen LogP contribution in [0.1, 0.15) is 31.1 Å². The second-order valence-electron chi connectivity index (χ2n) is 4.01. The number of hydrogen-bond donors (Lipinski definition) is 0. The maximum Gasteiger partial charge on any atom is 0.180 e. The van der Waals surface area contributed by atoms with Gasteiger partial charge in [0.2, 0.25) is 0 Å². The van der Waals surface area contributed by atoms with Crippen molar-refractivity contribution in [1.82, 2.24) is 0 Å². The summed E-state index contributed by atoms with van der Waals surface area (Å²) in [5.74, 6) is 1.05. The fourth-order valence-electron chi connectivity index (χ4n) is 1.40. The summed E-state index contributed by atoms with van der Waals surface area (Å²) >= 11 is 5.76. The van der Waals surface area contributed by atoms with Gasteiger partial charge >= 0.3 is 0 Å². The van der Waals surface area contributed by atoms with Crippen molar-refractivity contribution < 1.29 is 14.3 Å². The number of benzene rings is 1. The Hall–Kier alpha value is -1.22. The molecule has 1 unspecified atom stereocenters. The zero-order valence-electron chi connectivity index (χ0n) is 10.5. The molecule has 0 amide bonds. The van der Waals surface area contributed by atoms with Gasteiger partial charge in [-0.3, -0.25) is 4.79 Å². The monoisotopic (exact) mass is 256 g/mol. The van der Waals surface area contributed by atoms with Gasteiger partial charge < -0.3 is 9.47 Å². The maximum atomic E-state index is 11.7. The molecule has 0 bridgehead atoms. The molecule has 0 radical (unpaired) electrons. The highest BCUT2D eigenvalue weighted by atomic mass is 35.5. The third-order valence-corrected chi connectivity index (χ3v) is 2.37. The molecule has 17 heavy (non-hydrogen) atoms. The highest BCUT2D eigenvalue weighted by Crippen LogP contribution is 2.29. The summed E-state index contributed by atoms with van der Waals surface area (Å²) in [6.07, 6.45) is 0.0532. The molecule has 0 heterocycles. The fourth-order valence-corrected chi connectivity index (χ4v) is 1.53.